The van der Waals surface area contributed by atoms with E-state index in [2.05, 4.69) is 9.97 Å². The summed E-state index contributed by atoms with van der Waals surface area (Å²) in [5.41, 5.74) is 3.34. The normalized spacial score (nSPS) is 14.1. The second-order valence-corrected chi connectivity index (χ2v) is 3.67. The minimum Gasteiger partial charge on any atom is -0.299 e. The molecule has 1 aliphatic rings. The third-order valence-electron chi connectivity index (χ3n) is 2.72. The van der Waals surface area contributed by atoms with Crippen LogP contribution in [0.15, 0.2) is 6.33 Å². The third kappa shape index (κ3) is 1.67. The second-order valence-electron chi connectivity index (χ2n) is 3.67. The lowest BCUT2D eigenvalue weighted by Crippen LogP contribution is -2.06. The average molecular weight is 190 g/mol. The molecule has 0 saturated heterocycles. The van der Waals surface area contributed by atoms with Gasteiger partial charge in [0.15, 0.2) is 0 Å². The zero-order chi connectivity index (χ0) is 9.97. The zero-order valence-electron chi connectivity index (χ0n) is 8.42. The number of carbonyl (C=O) groups excluding carboxylic acids is 1. The Kier molecular flexibility index (Phi) is 2.57. The summed E-state index contributed by atoms with van der Waals surface area (Å²) in [7, 11) is 0. The Hall–Kier alpha value is -1.25. The second kappa shape index (κ2) is 3.86. The number of ketones is 1. The first-order chi connectivity index (χ1) is 6.81. The van der Waals surface area contributed by atoms with E-state index >= 15 is 0 Å². The Bertz CT molecular complexity index is 360. The molecule has 14 heavy (non-hydrogen) atoms. The van der Waals surface area contributed by atoms with Crippen molar-refractivity contribution in [2.75, 3.05) is 0 Å². The van der Waals surface area contributed by atoms with Crippen LogP contribution in [0.4, 0.5) is 0 Å². The number of Topliss-reactive ketones (excluding diaryl/α,β-unsaturated/α-hetero) is 1. The predicted molar refractivity (Wildman–Crippen MR) is 53.1 cm³/mol. The number of rotatable bonds is 3. The van der Waals surface area contributed by atoms with Crippen LogP contribution in [0.25, 0.3) is 0 Å². The van der Waals surface area contributed by atoms with E-state index < -0.39 is 0 Å². The number of hydrogen-bond acceptors (Lipinski definition) is 3. The van der Waals surface area contributed by atoms with E-state index in [1.807, 2.05) is 6.92 Å². The number of hydrogen-bond donors (Lipinski definition) is 0. The molecule has 0 N–H and O–H groups in total. The fourth-order valence-corrected chi connectivity index (χ4v) is 1.89. The highest BCUT2D eigenvalue weighted by atomic mass is 16.1. The molecule has 1 aromatic heterocycles. The van der Waals surface area contributed by atoms with Crippen LogP contribution in [0.3, 0.4) is 0 Å². The van der Waals surface area contributed by atoms with Crippen LogP contribution in [0.1, 0.15) is 36.7 Å². The highest BCUT2D eigenvalue weighted by Gasteiger charge is 2.17. The van der Waals surface area contributed by atoms with Gasteiger partial charge in [-0.1, -0.05) is 6.92 Å². The van der Waals surface area contributed by atoms with Gasteiger partial charge in [0.25, 0.3) is 0 Å². The number of nitrogens with zero attached hydrogens (tertiary/aromatic N) is 2. The van der Waals surface area contributed by atoms with Crippen molar-refractivity contribution in [2.45, 2.75) is 39.0 Å². The molecule has 0 fully saturated rings. The molecule has 2 rings (SSSR count). The lowest BCUT2D eigenvalue weighted by Gasteiger charge is -2.04. The molecule has 0 aliphatic heterocycles. The van der Waals surface area contributed by atoms with Crippen molar-refractivity contribution in [1.82, 2.24) is 9.97 Å². The quantitative estimate of drug-likeness (QED) is 0.725. The summed E-state index contributed by atoms with van der Waals surface area (Å²) in [6.07, 6.45) is 5.91. The molecule has 0 radical (unpaired) electrons. The Morgan fingerprint density at radius 3 is 3.07 bits per heavy atom. The van der Waals surface area contributed by atoms with Gasteiger partial charge in [-0.2, -0.15) is 0 Å². The SMILES string of the molecule is CCC(=O)Cc1ncnc2c1CCC2. The van der Waals surface area contributed by atoms with Gasteiger partial charge in [-0.25, -0.2) is 9.97 Å². The fourth-order valence-electron chi connectivity index (χ4n) is 1.89. The first-order valence-electron chi connectivity index (χ1n) is 5.14. The number of aromatic nitrogens is 2. The molecule has 74 valence electrons. The van der Waals surface area contributed by atoms with Crippen LogP contribution in [0.2, 0.25) is 0 Å². The molecule has 0 saturated carbocycles. The molecule has 3 heteroatoms. The smallest absolute Gasteiger partial charge is 0.138 e. The summed E-state index contributed by atoms with van der Waals surface area (Å²) in [6, 6.07) is 0. The summed E-state index contributed by atoms with van der Waals surface area (Å²) in [4.78, 5) is 19.8. The maximum Gasteiger partial charge on any atom is 0.138 e. The molecule has 1 heterocycles. The Morgan fingerprint density at radius 1 is 1.43 bits per heavy atom. The minimum absolute atomic E-state index is 0.262. The summed E-state index contributed by atoms with van der Waals surface area (Å²) < 4.78 is 0. The van der Waals surface area contributed by atoms with Crippen LogP contribution < -0.4 is 0 Å². The van der Waals surface area contributed by atoms with Crippen molar-refractivity contribution in [3.63, 3.8) is 0 Å². The van der Waals surface area contributed by atoms with E-state index in [4.69, 9.17) is 0 Å². The van der Waals surface area contributed by atoms with Gasteiger partial charge in [-0.05, 0) is 24.8 Å². The molecule has 1 aliphatic carbocycles. The molecular weight excluding hydrogens is 176 g/mol. The van der Waals surface area contributed by atoms with Gasteiger partial charge in [-0.3, -0.25) is 4.79 Å². The van der Waals surface area contributed by atoms with E-state index in [0.717, 1.165) is 30.7 Å². The molecule has 0 atom stereocenters. The summed E-state index contributed by atoms with van der Waals surface area (Å²) >= 11 is 0. The van der Waals surface area contributed by atoms with Crippen molar-refractivity contribution in [2.24, 2.45) is 0 Å². The first-order valence-corrected chi connectivity index (χ1v) is 5.14. The van der Waals surface area contributed by atoms with Gasteiger partial charge in [0.1, 0.15) is 12.1 Å². The molecule has 0 spiro atoms. The summed E-state index contributed by atoms with van der Waals surface area (Å²) in [5, 5.41) is 0. The highest BCUT2D eigenvalue weighted by Crippen LogP contribution is 2.22. The number of aryl methyl sites for hydroxylation is 1. The van der Waals surface area contributed by atoms with Gasteiger partial charge >= 0.3 is 0 Å². The van der Waals surface area contributed by atoms with E-state index in [1.54, 1.807) is 6.33 Å². The van der Waals surface area contributed by atoms with Gasteiger partial charge in [-0.15, -0.1) is 0 Å². The average Bonchev–Trinajstić information content (AvgIpc) is 2.66. The van der Waals surface area contributed by atoms with Crippen LogP contribution in [-0.2, 0) is 24.1 Å². The summed E-state index contributed by atoms with van der Waals surface area (Å²) in [5.74, 6) is 0.262. The van der Waals surface area contributed by atoms with Crippen molar-refractivity contribution < 1.29 is 4.79 Å². The Balaban J connectivity index is 2.26. The maximum atomic E-state index is 11.3. The minimum atomic E-state index is 0.262. The molecule has 1 aromatic rings. The fraction of sp³-hybridized carbons (Fsp3) is 0.545. The van der Waals surface area contributed by atoms with Gasteiger partial charge < -0.3 is 0 Å². The van der Waals surface area contributed by atoms with Crippen molar-refractivity contribution >= 4 is 5.78 Å². The third-order valence-corrected chi connectivity index (χ3v) is 2.72. The van der Waals surface area contributed by atoms with Crippen LogP contribution in [0, 0.1) is 0 Å². The Labute approximate surface area is 83.6 Å². The van der Waals surface area contributed by atoms with E-state index in [9.17, 15) is 4.79 Å². The molecule has 3 nitrogen and oxygen atoms in total. The van der Waals surface area contributed by atoms with Gasteiger partial charge in [0, 0.05) is 18.5 Å². The maximum absolute atomic E-state index is 11.3. The predicted octanol–water partition coefficient (Wildman–Crippen LogP) is 1.49. The topological polar surface area (TPSA) is 42.9 Å². The lowest BCUT2D eigenvalue weighted by atomic mass is 10.1. The van der Waals surface area contributed by atoms with E-state index in [0.29, 0.717) is 12.8 Å². The summed E-state index contributed by atoms with van der Waals surface area (Å²) in [6.45, 7) is 1.89. The van der Waals surface area contributed by atoms with Gasteiger partial charge in [0.2, 0.25) is 0 Å². The zero-order valence-corrected chi connectivity index (χ0v) is 8.42. The monoisotopic (exact) mass is 190 g/mol. The Morgan fingerprint density at radius 2 is 2.29 bits per heavy atom. The molecule has 0 bridgehead atoms. The van der Waals surface area contributed by atoms with Crippen LogP contribution >= 0.6 is 0 Å². The van der Waals surface area contributed by atoms with E-state index in [1.165, 1.54) is 5.56 Å². The molecule has 0 aromatic carbocycles. The van der Waals surface area contributed by atoms with Gasteiger partial charge in [0.05, 0.1) is 5.69 Å². The van der Waals surface area contributed by atoms with Crippen LogP contribution in [-0.4, -0.2) is 15.8 Å². The van der Waals surface area contributed by atoms with Crippen molar-refractivity contribution in [1.29, 1.82) is 0 Å². The van der Waals surface area contributed by atoms with Crippen LogP contribution in [0.5, 0.6) is 0 Å². The van der Waals surface area contributed by atoms with E-state index in [-0.39, 0.29) is 5.78 Å². The molecule has 0 unspecified atom stereocenters. The van der Waals surface area contributed by atoms with Crippen molar-refractivity contribution in [3.8, 4) is 0 Å². The lowest BCUT2D eigenvalue weighted by molar-refractivity contribution is -0.118. The number of carbonyl (C=O) groups is 1. The first kappa shape index (κ1) is 9.31. The standard InChI is InChI=1S/C11H14N2O/c1-2-8(14)6-11-9-4-3-5-10(9)12-7-13-11/h7H,2-6H2,1H3. The highest BCUT2D eigenvalue weighted by molar-refractivity contribution is 5.80. The van der Waals surface area contributed by atoms with Crippen molar-refractivity contribution in [3.05, 3.63) is 23.3 Å². The number of fused-ring (bicyclic) bond motifs is 1. The largest absolute Gasteiger partial charge is 0.299 e. The molecular formula is C11H14N2O. The molecule has 0 amide bonds.